The van der Waals surface area contributed by atoms with Gasteiger partial charge in [0.05, 0.1) is 49.2 Å². The molecule has 2 aliphatic heterocycles. The molecule has 1 unspecified atom stereocenters. The molecule has 14 heteroatoms. The number of benzene rings is 2. The van der Waals surface area contributed by atoms with E-state index in [1.165, 1.54) is 14.2 Å². The second kappa shape index (κ2) is 12.6. The highest BCUT2D eigenvalue weighted by Crippen LogP contribution is 2.47. The first kappa shape index (κ1) is 34.1. The van der Waals surface area contributed by atoms with E-state index < -0.39 is 41.2 Å². The predicted molar refractivity (Wildman–Crippen MR) is 166 cm³/mol. The molecule has 2 saturated heterocycles. The van der Waals surface area contributed by atoms with Crippen LogP contribution in [0.4, 0.5) is 37.0 Å². The van der Waals surface area contributed by atoms with E-state index >= 15 is 0 Å². The molecule has 0 N–H and O–H groups in total. The molecule has 1 aliphatic carbocycles. The van der Waals surface area contributed by atoms with Crippen LogP contribution in [0, 0.1) is 12.8 Å². The fourth-order valence-electron chi connectivity index (χ4n) is 6.53. The lowest BCUT2D eigenvalue weighted by Crippen LogP contribution is -2.38. The molecule has 3 aliphatic rings. The van der Waals surface area contributed by atoms with Crippen molar-refractivity contribution in [1.29, 1.82) is 0 Å². The summed E-state index contributed by atoms with van der Waals surface area (Å²) in [7, 11) is 2.87. The van der Waals surface area contributed by atoms with Gasteiger partial charge in [-0.25, -0.2) is 9.78 Å². The number of aryl methyl sites for hydroxylation is 1. The molecular formula is C35H33F6N3O5. The summed E-state index contributed by atoms with van der Waals surface area (Å²) in [4.78, 5) is 33.3. The highest BCUT2D eigenvalue weighted by molar-refractivity contribution is 5.80. The van der Waals surface area contributed by atoms with Crippen LogP contribution in [-0.4, -0.2) is 49.3 Å². The van der Waals surface area contributed by atoms with Crippen LogP contribution >= 0.6 is 0 Å². The Hall–Kier alpha value is -4.75. The number of halogens is 6. The Bertz CT molecular complexity index is 1780. The third-order valence-corrected chi connectivity index (χ3v) is 9.40. The molecule has 1 atom stereocenters. The summed E-state index contributed by atoms with van der Waals surface area (Å²) in [5.74, 6) is 0.804. The van der Waals surface area contributed by atoms with E-state index in [2.05, 4.69) is 11.5 Å². The number of ether oxygens (including phenoxy) is 3. The molecule has 2 aromatic carbocycles. The zero-order valence-corrected chi connectivity index (χ0v) is 26.9. The van der Waals surface area contributed by atoms with Crippen molar-refractivity contribution in [2.45, 2.75) is 57.1 Å². The van der Waals surface area contributed by atoms with Crippen molar-refractivity contribution in [1.82, 2.24) is 9.88 Å². The molecule has 6 rings (SSSR count). The maximum atomic E-state index is 13.6. The number of anilines is 1. The number of rotatable bonds is 8. The predicted octanol–water partition coefficient (Wildman–Crippen LogP) is 8.19. The van der Waals surface area contributed by atoms with Crippen LogP contribution in [0.25, 0.3) is 11.1 Å². The standard InChI is InChI=1S/C35H33F6N3O5/c1-18-10-29(43-8-5-9-43)42-27(30(18)26-15-20(6-7-28(26)47-3)21-11-23(12-21)32(45)48-4)17-44-19(2)31(49-33(44)46)22-13-24(34(36,37)38)16-25(14-22)35(39,40)41/h6-7,10,13-16,21,23,31H,2,5,8-9,11-12,17H2,1,3-4H3. The zero-order valence-electron chi connectivity index (χ0n) is 26.9. The number of pyridine rings is 1. The molecule has 0 bridgehead atoms. The SMILES string of the molecule is C=C1C(c2cc(C(F)(F)F)cc(C(F)(F)F)c2)OC(=O)N1Cc1nc(N2CCC2)cc(C)c1-c1cc(C2CC(C(=O)OC)C2)ccc1OC. The van der Waals surface area contributed by atoms with Gasteiger partial charge in [-0.1, -0.05) is 12.6 Å². The lowest BCUT2D eigenvalue weighted by molar-refractivity contribution is -0.149. The average molecular weight is 690 g/mol. The van der Waals surface area contributed by atoms with Gasteiger partial charge in [-0.05, 0) is 85.2 Å². The molecule has 3 aromatic rings. The first-order valence-corrected chi connectivity index (χ1v) is 15.6. The van der Waals surface area contributed by atoms with Crippen molar-refractivity contribution in [3.8, 4) is 16.9 Å². The summed E-state index contributed by atoms with van der Waals surface area (Å²) in [5.41, 5.74) is -0.252. The highest BCUT2D eigenvalue weighted by Gasteiger charge is 2.42. The summed E-state index contributed by atoms with van der Waals surface area (Å²) < 4.78 is 97.8. The van der Waals surface area contributed by atoms with E-state index in [9.17, 15) is 35.9 Å². The normalized spacial score (nSPS) is 20.9. The van der Waals surface area contributed by atoms with Gasteiger partial charge in [0.15, 0.2) is 6.10 Å². The largest absolute Gasteiger partial charge is 0.496 e. The quantitative estimate of drug-likeness (QED) is 0.174. The summed E-state index contributed by atoms with van der Waals surface area (Å²) in [5, 5.41) is 0. The second-order valence-electron chi connectivity index (χ2n) is 12.5. The van der Waals surface area contributed by atoms with Crippen molar-refractivity contribution in [3.05, 3.63) is 88.3 Å². The number of carbonyl (C=O) groups is 2. The summed E-state index contributed by atoms with van der Waals surface area (Å²) in [6, 6.07) is 8.68. The molecular weight excluding hydrogens is 656 g/mol. The van der Waals surface area contributed by atoms with E-state index in [1.54, 1.807) is 0 Å². The average Bonchev–Trinajstić information content (AvgIpc) is 3.26. The molecule has 0 radical (unpaired) electrons. The maximum Gasteiger partial charge on any atom is 0.416 e. The number of amides is 1. The highest BCUT2D eigenvalue weighted by atomic mass is 19.4. The van der Waals surface area contributed by atoms with Crippen molar-refractivity contribution >= 4 is 17.9 Å². The Morgan fingerprint density at radius 1 is 0.980 bits per heavy atom. The van der Waals surface area contributed by atoms with Gasteiger partial charge in [-0.3, -0.25) is 9.69 Å². The number of esters is 1. The third kappa shape index (κ3) is 6.52. The summed E-state index contributed by atoms with van der Waals surface area (Å²) in [6.45, 7) is 7.05. The molecule has 8 nitrogen and oxygen atoms in total. The minimum atomic E-state index is -5.08. The van der Waals surface area contributed by atoms with Gasteiger partial charge in [-0.15, -0.1) is 0 Å². The van der Waals surface area contributed by atoms with E-state index in [1.807, 2.05) is 31.2 Å². The van der Waals surface area contributed by atoms with Gasteiger partial charge in [0.2, 0.25) is 0 Å². The van der Waals surface area contributed by atoms with Crippen LogP contribution < -0.4 is 9.64 Å². The Kier molecular flexibility index (Phi) is 8.78. The van der Waals surface area contributed by atoms with E-state index in [0.29, 0.717) is 53.4 Å². The Balaban J connectivity index is 1.38. The number of methoxy groups -OCH3 is 2. The molecule has 1 aromatic heterocycles. The number of alkyl halides is 6. The van der Waals surface area contributed by atoms with Gasteiger partial charge in [-0.2, -0.15) is 26.3 Å². The van der Waals surface area contributed by atoms with E-state index in [-0.39, 0.29) is 36.1 Å². The lowest BCUT2D eigenvalue weighted by Gasteiger charge is -2.34. The number of hydrogen-bond donors (Lipinski definition) is 0. The number of carbonyl (C=O) groups excluding carboxylic acids is 2. The first-order chi connectivity index (χ1) is 23.1. The molecule has 260 valence electrons. The van der Waals surface area contributed by atoms with Gasteiger partial charge in [0.1, 0.15) is 11.6 Å². The van der Waals surface area contributed by atoms with Gasteiger partial charge in [0.25, 0.3) is 0 Å². The number of aromatic nitrogens is 1. The van der Waals surface area contributed by atoms with Gasteiger partial charge in [0, 0.05) is 24.2 Å². The number of hydrogen-bond acceptors (Lipinski definition) is 7. The minimum absolute atomic E-state index is 0.0156. The molecule has 1 amide bonds. The van der Waals surface area contributed by atoms with Crippen molar-refractivity contribution < 1.29 is 50.1 Å². The monoisotopic (exact) mass is 689 g/mol. The molecule has 3 fully saturated rings. The van der Waals surface area contributed by atoms with Crippen LogP contribution in [0.3, 0.4) is 0 Å². The zero-order chi connectivity index (χ0) is 35.4. The Morgan fingerprint density at radius 2 is 1.63 bits per heavy atom. The van der Waals surface area contributed by atoms with Gasteiger partial charge >= 0.3 is 24.4 Å². The van der Waals surface area contributed by atoms with Crippen molar-refractivity contribution in [3.63, 3.8) is 0 Å². The summed E-state index contributed by atoms with van der Waals surface area (Å²) in [6.07, 6.45) is -10.6. The molecule has 3 heterocycles. The third-order valence-electron chi connectivity index (χ3n) is 9.40. The van der Waals surface area contributed by atoms with Crippen molar-refractivity contribution in [2.75, 3.05) is 32.2 Å². The van der Waals surface area contributed by atoms with Crippen LogP contribution in [0.15, 0.2) is 54.7 Å². The lowest BCUT2D eigenvalue weighted by atomic mass is 9.71. The van der Waals surface area contributed by atoms with Crippen LogP contribution in [0.5, 0.6) is 5.75 Å². The second-order valence-corrected chi connectivity index (χ2v) is 12.5. The smallest absolute Gasteiger partial charge is 0.416 e. The topological polar surface area (TPSA) is 81.2 Å². The maximum absolute atomic E-state index is 13.6. The van der Waals surface area contributed by atoms with Crippen LogP contribution in [-0.2, 0) is 33.2 Å². The molecule has 49 heavy (non-hydrogen) atoms. The first-order valence-electron chi connectivity index (χ1n) is 15.6. The molecule has 0 spiro atoms. The van der Waals surface area contributed by atoms with E-state index in [0.717, 1.165) is 35.5 Å². The van der Waals surface area contributed by atoms with Crippen molar-refractivity contribution in [2.24, 2.45) is 5.92 Å². The Labute approximate surface area is 278 Å². The summed E-state index contributed by atoms with van der Waals surface area (Å²) >= 11 is 0. The van der Waals surface area contributed by atoms with Crippen LogP contribution in [0.1, 0.15) is 64.8 Å². The minimum Gasteiger partial charge on any atom is -0.496 e. The fraction of sp³-hybridized carbons (Fsp3) is 0.400. The Morgan fingerprint density at radius 3 is 2.18 bits per heavy atom. The molecule has 1 saturated carbocycles. The number of nitrogens with zero attached hydrogens (tertiary/aromatic N) is 3. The van der Waals surface area contributed by atoms with E-state index in [4.69, 9.17) is 19.2 Å². The van der Waals surface area contributed by atoms with Gasteiger partial charge < -0.3 is 19.1 Å². The fourth-order valence-corrected chi connectivity index (χ4v) is 6.53. The number of cyclic esters (lactones) is 1. The van der Waals surface area contributed by atoms with Crippen LogP contribution in [0.2, 0.25) is 0 Å².